The summed E-state index contributed by atoms with van der Waals surface area (Å²) < 4.78 is 32.7. The van der Waals surface area contributed by atoms with Gasteiger partial charge < -0.3 is 9.64 Å². The Labute approximate surface area is 159 Å². The van der Waals surface area contributed by atoms with Crippen LogP contribution in [0.4, 0.5) is 8.78 Å². The van der Waals surface area contributed by atoms with Crippen molar-refractivity contribution in [1.29, 1.82) is 5.26 Å². The molecule has 1 aliphatic rings. The Kier molecular flexibility index (Phi) is 6.20. The van der Waals surface area contributed by atoms with E-state index < -0.39 is 0 Å². The van der Waals surface area contributed by atoms with Crippen LogP contribution in [0, 0.1) is 28.4 Å². The van der Waals surface area contributed by atoms with Crippen LogP contribution < -0.4 is 0 Å². The van der Waals surface area contributed by atoms with Gasteiger partial charge in [0, 0.05) is 6.54 Å². The molecule has 0 bridgehead atoms. The first-order valence-electron chi connectivity index (χ1n) is 9.25. The van der Waals surface area contributed by atoms with Crippen LogP contribution in [0.2, 0.25) is 0 Å². The van der Waals surface area contributed by atoms with Crippen LogP contribution in [-0.4, -0.2) is 31.1 Å². The van der Waals surface area contributed by atoms with Crippen LogP contribution in [0.25, 0.3) is 0 Å². The van der Waals surface area contributed by atoms with Gasteiger partial charge in [0.15, 0.2) is 0 Å². The summed E-state index contributed by atoms with van der Waals surface area (Å²) in [5.41, 5.74) is 1.44. The van der Waals surface area contributed by atoms with Gasteiger partial charge in [-0.3, -0.25) is 0 Å². The highest BCUT2D eigenvalue weighted by Gasteiger charge is 2.29. The third-order valence-electron chi connectivity index (χ3n) is 5.27. The molecule has 1 aliphatic heterocycles. The molecule has 5 heteroatoms. The first-order chi connectivity index (χ1) is 13.0. The molecule has 0 aliphatic carbocycles. The minimum absolute atomic E-state index is 0.220. The van der Waals surface area contributed by atoms with Gasteiger partial charge in [-0.1, -0.05) is 24.3 Å². The number of nitriles is 1. The van der Waals surface area contributed by atoms with Crippen molar-refractivity contribution in [2.75, 3.05) is 26.2 Å². The van der Waals surface area contributed by atoms with Crippen molar-refractivity contribution in [3.8, 4) is 6.07 Å². The maximum Gasteiger partial charge on any atom is 0.123 e. The van der Waals surface area contributed by atoms with Crippen LogP contribution >= 0.6 is 0 Å². The third kappa shape index (κ3) is 5.12. The lowest BCUT2D eigenvalue weighted by Crippen LogP contribution is -2.39. The minimum Gasteiger partial charge on any atom is -0.367 e. The van der Waals surface area contributed by atoms with Crippen LogP contribution in [-0.2, 0) is 4.74 Å². The van der Waals surface area contributed by atoms with E-state index in [2.05, 4.69) is 11.0 Å². The summed E-state index contributed by atoms with van der Waals surface area (Å²) in [6, 6.07) is 14.8. The van der Waals surface area contributed by atoms with E-state index in [0.717, 1.165) is 43.6 Å². The SMILES string of the molecule is CC1(C#N)CCN(CCOC(c2ccc(F)cc2)c2ccc(F)cc2)CC1. The lowest BCUT2D eigenvalue weighted by atomic mass is 9.82. The van der Waals surface area contributed by atoms with Crippen LogP contribution in [0.3, 0.4) is 0 Å². The lowest BCUT2D eigenvalue weighted by molar-refractivity contribution is 0.0477. The predicted molar refractivity (Wildman–Crippen MR) is 100.0 cm³/mol. The Morgan fingerprint density at radius 3 is 1.93 bits per heavy atom. The second-order valence-electron chi connectivity index (χ2n) is 7.37. The van der Waals surface area contributed by atoms with Crippen molar-refractivity contribution in [3.63, 3.8) is 0 Å². The van der Waals surface area contributed by atoms with Crippen LogP contribution in [0.1, 0.15) is 37.0 Å². The minimum atomic E-state index is -0.375. The fourth-order valence-electron chi connectivity index (χ4n) is 3.34. The average Bonchev–Trinajstić information content (AvgIpc) is 2.69. The first kappa shape index (κ1) is 19.5. The largest absolute Gasteiger partial charge is 0.367 e. The molecule has 0 amide bonds. The molecule has 142 valence electrons. The number of rotatable bonds is 6. The van der Waals surface area contributed by atoms with Gasteiger partial charge in [0.05, 0.1) is 18.1 Å². The molecular weight excluding hydrogens is 346 g/mol. The number of piperidine rings is 1. The van der Waals surface area contributed by atoms with Crippen LogP contribution in [0.15, 0.2) is 48.5 Å². The lowest BCUT2D eigenvalue weighted by Gasteiger charge is -2.35. The fraction of sp³-hybridized carbons (Fsp3) is 0.409. The summed E-state index contributed by atoms with van der Waals surface area (Å²) in [6.07, 6.45) is 1.35. The molecule has 0 N–H and O–H groups in total. The number of benzene rings is 2. The van der Waals surface area contributed by atoms with Gasteiger partial charge in [-0.2, -0.15) is 5.26 Å². The van der Waals surface area contributed by atoms with Crippen molar-refractivity contribution in [2.45, 2.75) is 25.9 Å². The quantitative estimate of drug-likeness (QED) is 0.740. The maximum absolute atomic E-state index is 13.3. The van der Waals surface area contributed by atoms with Crippen molar-refractivity contribution in [2.24, 2.45) is 5.41 Å². The third-order valence-corrected chi connectivity index (χ3v) is 5.27. The maximum atomic E-state index is 13.3. The van der Waals surface area contributed by atoms with E-state index in [1.807, 2.05) is 6.92 Å². The molecule has 0 spiro atoms. The number of hydrogen-bond acceptors (Lipinski definition) is 3. The summed E-state index contributed by atoms with van der Waals surface area (Å²) >= 11 is 0. The summed E-state index contributed by atoms with van der Waals surface area (Å²) in [5.74, 6) is -0.601. The van der Waals surface area contributed by atoms with Crippen molar-refractivity contribution in [3.05, 3.63) is 71.3 Å². The number of nitrogens with zero attached hydrogens (tertiary/aromatic N) is 2. The zero-order chi connectivity index (χ0) is 19.3. The summed E-state index contributed by atoms with van der Waals surface area (Å²) in [4.78, 5) is 2.30. The monoisotopic (exact) mass is 370 g/mol. The molecule has 2 aromatic carbocycles. The Morgan fingerprint density at radius 2 is 1.48 bits per heavy atom. The first-order valence-corrected chi connectivity index (χ1v) is 9.25. The number of halogens is 2. The van der Waals surface area contributed by atoms with Gasteiger partial charge in [-0.15, -0.1) is 0 Å². The summed E-state index contributed by atoms with van der Waals surface area (Å²) in [6.45, 7) is 5.04. The average molecular weight is 370 g/mol. The van der Waals surface area contributed by atoms with Crippen molar-refractivity contribution >= 4 is 0 Å². The number of ether oxygens (including phenoxy) is 1. The molecule has 1 fully saturated rings. The molecule has 1 saturated heterocycles. The van der Waals surface area contributed by atoms with E-state index in [-0.39, 0.29) is 23.2 Å². The molecule has 0 aromatic heterocycles. The highest BCUT2D eigenvalue weighted by Crippen LogP contribution is 2.30. The smallest absolute Gasteiger partial charge is 0.123 e. The standard InChI is InChI=1S/C22H24F2N2O/c1-22(16-25)10-12-26(13-11-22)14-15-27-21(17-2-6-19(23)7-3-17)18-4-8-20(24)9-5-18/h2-9,21H,10-15H2,1H3. The highest BCUT2D eigenvalue weighted by atomic mass is 19.1. The molecule has 27 heavy (non-hydrogen) atoms. The molecule has 2 aromatic rings. The van der Waals surface area contributed by atoms with E-state index in [9.17, 15) is 14.0 Å². The second kappa shape index (κ2) is 8.60. The molecule has 1 heterocycles. The van der Waals surface area contributed by atoms with Gasteiger partial charge in [-0.05, 0) is 68.2 Å². The van der Waals surface area contributed by atoms with E-state index in [0.29, 0.717) is 6.61 Å². The molecule has 0 saturated carbocycles. The fourth-order valence-corrected chi connectivity index (χ4v) is 3.34. The Hall–Kier alpha value is -2.29. The zero-order valence-corrected chi connectivity index (χ0v) is 15.5. The van der Waals surface area contributed by atoms with Gasteiger partial charge in [-0.25, -0.2) is 8.78 Å². The van der Waals surface area contributed by atoms with Gasteiger partial charge in [0.2, 0.25) is 0 Å². The Bertz CT molecular complexity index is 730. The van der Waals surface area contributed by atoms with E-state index in [1.165, 1.54) is 24.3 Å². The number of likely N-dealkylation sites (tertiary alicyclic amines) is 1. The molecule has 0 atom stereocenters. The summed E-state index contributed by atoms with van der Waals surface area (Å²) in [5, 5.41) is 9.23. The molecule has 0 radical (unpaired) electrons. The zero-order valence-electron chi connectivity index (χ0n) is 15.5. The Morgan fingerprint density at radius 1 is 1.00 bits per heavy atom. The van der Waals surface area contributed by atoms with Crippen LogP contribution in [0.5, 0.6) is 0 Å². The Balaban J connectivity index is 1.63. The normalized spacial score (nSPS) is 17.0. The van der Waals surface area contributed by atoms with Gasteiger partial charge >= 0.3 is 0 Å². The molecule has 0 unspecified atom stereocenters. The van der Waals surface area contributed by atoms with Gasteiger partial charge in [0.25, 0.3) is 0 Å². The highest BCUT2D eigenvalue weighted by molar-refractivity contribution is 5.30. The van der Waals surface area contributed by atoms with E-state index in [4.69, 9.17) is 4.74 Å². The topological polar surface area (TPSA) is 36.3 Å². The van der Waals surface area contributed by atoms with E-state index >= 15 is 0 Å². The van der Waals surface area contributed by atoms with E-state index in [1.54, 1.807) is 24.3 Å². The summed E-state index contributed by atoms with van der Waals surface area (Å²) in [7, 11) is 0. The molecule has 3 rings (SSSR count). The molecule has 3 nitrogen and oxygen atoms in total. The number of hydrogen-bond donors (Lipinski definition) is 0. The van der Waals surface area contributed by atoms with Crippen molar-refractivity contribution in [1.82, 2.24) is 4.90 Å². The van der Waals surface area contributed by atoms with Gasteiger partial charge in [0.1, 0.15) is 17.7 Å². The molecular formula is C22H24F2N2O. The van der Waals surface area contributed by atoms with Crippen molar-refractivity contribution < 1.29 is 13.5 Å². The second-order valence-corrected chi connectivity index (χ2v) is 7.37. The predicted octanol–water partition coefficient (Wildman–Crippen LogP) is 4.70.